The predicted octanol–water partition coefficient (Wildman–Crippen LogP) is 1.95. The maximum absolute atomic E-state index is 9.51. The molecule has 0 aromatic heterocycles. The zero-order valence-electron chi connectivity index (χ0n) is 9.70. The topological polar surface area (TPSA) is 41.5 Å². The van der Waals surface area contributed by atoms with Crippen molar-refractivity contribution in [3.63, 3.8) is 0 Å². The highest BCUT2D eigenvalue weighted by molar-refractivity contribution is 5.47. The molecule has 1 fully saturated rings. The number of aryl methyl sites for hydroxylation is 1. The van der Waals surface area contributed by atoms with Crippen LogP contribution in [-0.4, -0.2) is 30.5 Å². The van der Waals surface area contributed by atoms with Crippen molar-refractivity contribution in [1.82, 2.24) is 0 Å². The van der Waals surface area contributed by atoms with Crippen LogP contribution in [0.1, 0.15) is 18.4 Å². The lowest BCUT2D eigenvalue weighted by Crippen LogP contribution is -2.49. The van der Waals surface area contributed by atoms with Gasteiger partial charge in [0.15, 0.2) is 0 Å². The maximum atomic E-state index is 9.51. The van der Waals surface area contributed by atoms with E-state index in [-0.39, 0.29) is 12.1 Å². The molecule has 0 amide bonds. The molecule has 1 atom stereocenters. The second kappa shape index (κ2) is 4.85. The van der Waals surface area contributed by atoms with Crippen molar-refractivity contribution in [1.29, 1.82) is 0 Å². The molecule has 0 aliphatic carbocycles. The number of aliphatic hydroxyl groups is 1. The molecule has 0 saturated carbocycles. The summed E-state index contributed by atoms with van der Waals surface area (Å²) >= 11 is 0. The van der Waals surface area contributed by atoms with Gasteiger partial charge in [0.25, 0.3) is 0 Å². The number of aliphatic hydroxyl groups excluding tert-OH is 1. The fraction of sp³-hybridized carbons (Fsp3) is 0.538. The molecule has 1 aliphatic rings. The van der Waals surface area contributed by atoms with Gasteiger partial charge in [0.1, 0.15) is 0 Å². The Labute approximate surface area is 96.4 Å². The Hall–Kier alpha value is -1.06. The average molecular weight is 221 g/mol. The first-order valence-electron chi connectivity index (χ1n) is 5.78. The minimum absolute atomic E-state index is 0.112. The van der Waals surface area contributed by atoms with Crippen molar-refractivity contribution in [2.75, 3.05) is 25.1 Å². The first-order valence-corrected chi connectivity index (χ1v) is 5.78. The lowest BCUT2D eigenvalue weighted by molar-refractivity contribution is 0.0217. The van der Waals surface area contributed by atoms with E-state index in [4.69, 9.17) is 4.74 Å². The molecule has 2 N–H and O–H groups in total. The molecule has 2 rings (SSSR count). The van der Waals surface area contributed by atoms with Crippen molar-refractivity contribution in [2.24, 2.45) is 0 Å². The molecule has 0 bridgehead atoms. The Morgan fingerprint density at radius 1 is 1.38 bits per heavy atom. The van der Waals surface area contributed by atoms with Crippen LogP contribution in [0.15, 0.2) is 24.3 Å². The number of hydrogen-bond donors (Lipinski definition) is 2. The molecule has 1 aromatic carbocycles. The van der Waals surface area contributed by atoms with Crippen LogP contribution < -0.4 is 5.32 Å². The number of anilines is 1. The van der Waals surface area contributed by atoms with Crippen molar-refractivity contribution >= 4 is 5.69 Å². The van der Waals surface area contributed by atoms with Crippen LogP contribution in [0.2, 0.25) is 0 Å². The Bertz CT molecular complexity index is 328. The second-order valence-corrected chi connectivity index (χ2v) is 4.59. The van der Waals surface area contributed by atoms with Crippen LogP contribution in [0.5, 0.6) is 0 Å². The van der Waals surface area contributed by atoms with Crippen LogP contribution in [0.4, 0.5) is 5.69 Å². The second-order valence-electron chi connectivity index (χ2n) is 4.59. The first kappa shape index (κ1) is 11.4. The SMILES string of the molecule is Cc1ccc(NC2(CO)CCCOC2)cc1. The number of rotatable bonds is 3. The van der Waals surface area contributed by atoms with E-state index in [9.17, 15) is 5.11 Å². The molecule has 16 heavy (non-hydrogen) atoms. The summed E-state index contributed by atoms with van der Waals surface area (Å²) in [4.78, 5) is 0. The van der Waals surface area contributed by atoms with Gasteiger partial charge in [-0.3, -0.25) is 0 Å². The highest BCUT2D eigenvalue weighted by Gasteiger charge is 2.31. The molecule has 1 aliphatic heterocycles. The van der Waals surface area contributed by atoms with Gasteiger partial charge in [0.2, 0.25) is 0 Å². The van der Waals surface area contributed by atoms with Gasteiger partial charge in [-0.15, -0.1) is 0 Å². The standard InChI is InChI=1S/C13H19NO2/c1-11-3-5-12(6-4-11)14-13(9-15)7-2-8-16-10-13/h3-6,14-15H,2,7-10H2,1H3. The zero-order chi connectivity index (χ0) is 11.4. The van der Waals surface area contributed by atoms with Gasteiger partial charge in [-0.05, 0) is 31.9 Å². The lowest BCUT2D eigenvalue weighted by atomic mass is 9.93. The Balaban J connectivity index is 2.08. The van der Waals surface area contributed by atoms with Crippen LogP contribution in [-0.2, 0) is 4.74 Å². The van der Waals surface area contributed by atoms with Gasteiger partial charge < -0.3 is 15.2 Å². The van der Waals surface area contributed by atoms with Crippen molar-refractivity contribution in [3.8, 4) is 0 Å². The van der Waals surface area contributed by atoms with Gasteiger partial charge in [-0.2, -0.15) is 0 Å². The molecular formula is C13H19NO2. The predicted molar refractivity (Wildman–Crippen MR) is 64.7 cm³/mol. The molecule has 0 radical (unpaired) electrons. The summed E-state index contributed by atoms with van der Waals surface area (Å²) in [7, 11) is 0. The van der Waals surface area contributed by atoms with E-state index in [1.54, 1.807) is 0 Å². The molecule has 3 heteroatoms. The fourth-order valence-corrected chi connectivity index (χ4v) is 2.06. The largest absolute Gasteiger partial charge is 0.394 e. The number of nitrogens with one attached hydrogen (secondary N) is 1. The highest BCUT2D eigenvalue weighted by atomic mass is 16.5. The van der Waals surface area contributed by atoms with E-state index < -0.39 is 0 Å². The summed E-state index contributed by atoms with van der Waals surface area (Å²) in [6.45, 7) is 3.56. The minimum atomic E-state index is -0.298. The molecule has 1 aromatic rings. The van der Waals surface area contributed by atoms with Crippen LogP contribution in [0.25, 0.3) is 0 Å². The molecule has 1 unspecified atom stereocenters. The number of hydrogen-bond acceptors (Lipinski definition) is 3. The van der Waals surface area contributed by atoms with E-state index in [0.29, 0.717) is 6.61 Å². The number of benzene rings is 1. The molecule has 1 saturated heterocycles. The van der Waals surface area contributed by atoms with E-state index in [1.165, 1.54) is 5.56 Å². The molecular weight excluding hydrogens is 202 g/mol. The summed E-state index contributed by atoms with van der Waals surface area (Å²) in [5.74, 6) is 0. The summed E-state index contributed by atoms with van der Waals surface area (Å²) in [6, 6.07) is 8.22. The van der Waals surface area contributed by atoms with Crippen molar-refractivity contribution in [3.05, 3.63) is 29.8 Å². The summed E-state index contributed by atoms with van der Waals surface area (Å²) < 4.78 is 5.45. The fourth-order valence-electron chi connectivity index (χ4n) is 2.06. The third-order valence-electron chi connectivity index (χ3n) is 3.09. The normalized spacial score (nSPS) is 25.4. The molecule has 3 nitrogen and oxygen atoms in total. The minimum Gasteiger partial charge on any atom is -0.394 e. The third kappa shape index (κ3) is 2.54. The van der Waals surface area contributed by atoms with Gasteiger partial charge >= 0.3 is 0 Å². The quantitative estimate of drug-likeness (QED) is 0.819. The highest BCUT2D eigenvalue weighted by Crippen LogP contribution is 2.24. The van der Waals surface area contributed by atoms with Gasteiger partial charge in [-0.1, -0.05) is 17.7 Å². The van der Waals surface area contributed by atoms with Gasteiger partial charge in [0, 0.05) is 12.3 Å². The summed E-state index contributed by atoms with van der Waals surface area (Å²) in [5.41, 5.74) is 1.99. The molecule has 1 heterocycles. The van der Waals surface area contributed by atoms with E-state index in [0.717, 1.165) is 25.1 Å². The summed E-state index contributed by atoms with van der Waals surface area (Å²) in [5, 5.41) is 12.9. The lowest BCUT2D eigenvalue weighted by Gasteiger charge is -2.37. The maximum Gasteiger partial charge on any atom is 0.0838 e. The monoisotopic (exact) mass is 221 g/mol. The van der Waals surface area contributed by atoms with Gasteiger partial charge in [0.05, 0.1) is 18.8 Å². The van der Waals surface area contributed by atoms with Crippen molar-refractivity contribution < 1.29 is 9.84 Å². The molecule has 0 spiro atoms. The smallest absolute Gasteiger partial charge is 0.0838 e. The Morgan fingerprint density at radius 2 is 2.12 bits per heavy atom. The van der Waals surface area contributed by atoms with E-state index >= 15 is 0 Å². The van der Waals surface area contributed by atoms with Crippen molar-refractivity contribution in [2.45, 2.75) is 25.3 Å². The number of ether oxygens (including phenoxy) is 1. The van der Waals surface area contributed by atoms with Crippen LogP contribution >= 0.6 is 0 Å². The summed E-state index contributed by atoms with van der Waals surface area (Å²) in [6.07, 6.45) is 1.96. The van der Waals surface area contributed by atoms with Crippen LogP contribution in [0, 0.1) is 6.92 Å². The van der Waals surface area contributed by atoms with Crippen LogP contribution in [0.3, 0.4) is 0 Å². The zero-order valence-corrected chi connectivity index (χ0v) is 9.70. The third-order valence-corrected chi connectivity index (χ3v) is 3.09. The first-order chi connectivity index (χ1) is 7.74. The van der Waals surface area contributed by atoms with E-state index in [2.05, 4.69) is 24.4 Å². The molecule has 88 valence electrons. The Morgan fingerprint density at radius 3 is 2.69 bits per heavy atom. The Kier molecular flexibility index (Phi) is 3.46. The van der Waals surface area contributed by atoms with Gasteiger partial charge in [-0.25, -0.2) is 0 Å². The van der Waals surface area contributed by atoms with E-state index in [1.807, 2.05) is 12.1 Å². The average Bonchev–Trinajstić information content (AvgIpc) is 2.33.